The number of nitrogens with zero attached hydrogens (tertiary/aromatic N) is 3. The summed E-state index contributed by atoms with van der Waals surface area (Å²) < 4.78 is 3.01. The molecule has 6 heteroatoms. The van der Waals surface area contributed by atoms with Crippen LogP contribution in [-0.4, -0.2) is 33.6 Å². The second-order valence-electron chi connectivity index (χ2n) is 4.68. The van der Waals surface area contributed by atoms with Gasteiger partial charge in [-0.2, -0.15) is 5.10 Å². The molecule has 3 N–H and O–H groups in total. The SMILES string of the molecule is CCc1nn(C)c(CN(C)C(C)CC(=N)N)c1Br. The van der Waals surface area contributed by atoms with Gasteiger partial charge in [0.2, 0.25) is 0 Å². The monoisotopic (exact) mass is 315 g/mol. The van der Waals surface area contributed by atoms with Crippen molar-refractivity contribution >= 4 is 21.8 Å². The van der Waals surface area contributed by atoms with Gasteiger partial charge in [0.15, 0.2) is 0 Å². The van der Waals surface area contributed by atoms with Gasteiger partial charge in [0.1, 0.15) is 0 Å². The maximum atomic E-state index is 7.34. The third kappa shape index (κ3) is 3.55. The van der Waals surface area contributed by atoms with Crippen LogP contribution in [-0.2, 0) is 20.0 Å². The molecule has 0 aliphatic heterocycles. The van der Waals surface area contributed by atoms with Crippen LogP contribution >= 0.6 is 15.9 Å². The maximum Gasteiger partial charge on any atom is 0.0920 e. The summed E-state index contributed by atoms with van der Waals surface area (Å²) >= 11 is 3.61. The molecule has 1 unspecified atom stereocenters. The van der Waals surface area contributed by atoms with Gasteiger partial charge in [0, 0.05) is 26.1 Å². The average molecular weight is 316 g/mol. The quantitative estimate of drug-likeness (QED) is 0.622. The summed E-state index contributed by atoms with van der Waals surface area (Å²) in [5, 5.41) is 11.8. The molecule has 0 spiro atoms. The summed E-state index contributed by atoms with van der Waals surface area (Å²) in [4.78, 5) is 2.18. The lowest BCUT2D eigenvalue weighted by Crippen LogP contribution is -2.33. The fourth-order valence-corrected chi connectivity index (χ4v) is 2.60. The Morgan fingerprint density at radius 2 is 2.22 bits per heavy atom. The molecule has 0 bridgehead atoms. The molecule has 0 fully saturated rings. The van der Waals surface area contributed by atoms with E-state index in [-0.39, 0.29) is 11.9 Å². The Balaban J connectivity index is 2.78. The van der Waals surface area contributed by atoms with Crippen LogP contribution in [0.1, 0.15) is 31.7 Å². The Bertz CT molecular complexity index is 426. The fourth-order valence-electron chi connectivity index (χ4n) is 1.86. The summed E-state index contributed by atoms with van der Waals surface area (Å²) in [6.07, 6.45) is 1.51. The van der Waals surface area contributed by atoms with Crippen molar-refractivity contribution in [1.29, 1.82) is 5.41 Å². The topological polar surface area (TPSA) is 70.9 Å². The maximum absolute atomic E-state index is 7.34. The van der Waals surface area contributed by atoms with E-state index in [0.29, 0.717) is 6.42 Å². The van der Waals surface area contributed by atoms with Gasteiger partial charge in [-0.15, -0.1) is 0 Å². The second kappa shape index (κ2) is 6.33. The molecule has 1 rings (SSSR count). The number of aryl methyl sites for hydroxylation is 2. The number of nitrogens with two attached hydrogens (primary N) is 1. The molecule has 0 amide bonds. The van der Waals surface area contributed by atoms with E-state index in [1.165, 1.54) is 0 Å². The first kappa shape index (κ1) is 15.2. The Hall–Kier alpha value is -0.880. The van der Waals surface area contributed by atoms with Crippen LogP contribution in [0.4, 0.5) is 0 Å². The van der Waals surface area contributed by atoms with Gasteiger partial charge < -0.3 is 5.73 Å². The molecule has 0 aliphatic rings. The zero-order chi connectivity index (χ0) is 13.9. The highest BCUT2D eigenvalue weighted by molar-refractivity contribution is 9.10. The van der Waals surface area contributed by atoms with Gasteiger partial charge in [-0.3, -0.25) is 15.0 Å². The molecule has 5 nitrogen and oxygen atoms in total. The highest BCUT2D eigenvalue weighted by atomic mass is 79.9. The first-order valence-electron chi connectivity index (χ1n) is 6.10. The molecule has 0 saturated carbocycles. The fraction of sp³-hybridized carbons (Fsp3) is 0.667. The van der Waals surface area contributed by atoms with E-state index < -0.39 is 0 Å². The van der Waals surface area contributed by atoms with Crippen LogP contribution in [0.2, 0.25) is 0 Å². The van der Waals surface area contributed by atoms with Crippen molar-refractivity contribution in [3.05, 3.63) is 15.9 Å². The average Bonchev–Trinajstić information content (AvgIpc) is 2.55. The van der Waals surface area contributed by atoms with Gasteiger partial charge in [-0.1, -0.05) is 6.92 Å². The van der Waals surface area contributed by atoms with Gasteiger partial charge in [-0.25, -0.2) is 0 Å². The Morgan fingerprint density at radius 1 is 1.61 bits per heavy atom. The molecular formula is C12H22BrN5. The molecule has 1 atom stereocenters. The van der Waals surface area contributed by atoms with E-state index in [1.807, 2.05) is 18.8 Å². The lowest BCUT2D eigenvalue weighted by Gasteiger charge is -2.24. The van der Waals surface area contributed by atoms with Crippen molar-refractivity contribution in [1.82, 2.24) is 14.7 Å². The molecule has 1 heterocycles. The third-order valence-corrected chi connectivity index (χ3v) is 4.09. The minimum atomic E-state index is 0.229. The van der Waals surface area contributed by atoms with Crippen molar-refractivity contribution in [3.8, 4) is 0 Å². The summed E-state index contributed by atoms with van der Waals surface area (Å²) in [5.74, 6) is 0.229. The molecule has 1 aromatic heterocycles. The van der Waals surface area contributed by atoms with E-state index in [9.17, 15) is 0 Å². The number of aromatic nitrogens is 2. The largest absolute Gasteiger partial charge is 0.388 e. The van der Waals surface area contributed by atoms with Crippen LogP contribution < -0.4 is 5.73 Å². The van der Waals surface area contributed by atoms with Crippen LogP contribution in [0, 0.1) is 5.41 Å². The van der Waals surface area contributed by atoms with Crippen LogP contribution in [0.3, 0.4) is 0 Å². The first-order chi connectivity index (χ1) is 8.36. The van der Waals surface area contributed by atoms with Crippen molar-refractivity contribution in [3.63, 3.8) is 0 Å². The van der Waals surface area contributed by atoms with Gasteiger partial charge >= 0.3 is 0 Å². The number of rotatable bonds is 6. The summed E-state index contributed by atoms with van der Waals surface area (Å²) in [6.45, 7) is 4.96. The van der Waals surface area contributed by atoms with E-state index in [1.54, 1.807) is 0 Å². The van der Waals surface area contributed by atoms with E-state index in [4.69, 9.17) is 11.1 Å². The highest BCUT2D eigenvalue weighted by Crippen LogP contribution is 2.23. The molecule has 1 aromatic rings. The molecular weight excluding hydrogens is 294 g/mol. The van der Waals surface area contributed by atoms with Crippen molar-refractivity contribution in [2.75, 3.05) is 7.05 Å². The number of nitrogens with one attached hydrogen (secondary N) is 1. The minimum absolute atomic E-state index is 0.229. The molecule has 18 heavy (non-hydrogen) atoms. The summed E-state index contributed by atoms with van der Waals surface area (Å²) in [5.41, 5.74) is 7.68. The molecule has 0 saturated heterocycles. The Labute approximate surface area is 117 Å². The van der Waals surface area contributed by atoms with E-state index in [2.05, 4.69) is 39.8 Å². The lowest BCUT2D eigenvalue weighted by atomic mass is 10.2. The first-order valence-corrected chi connectivity index (χ1v) is 6.89. The zero-order valence-electron chi connectivity index (χ0n) is 11.5. The normalized spacial score (nSPS) is 13.0. The number of hydrogen-bond acceptors (Lipinski definition) is 3. The zero-order valence-corrected chi connectivity index (χ0v) is 13.1. The third-order valence-electron chi connectivity index (χ3n) is 3.17. The number of halogens is 1. The molecule has 0 aliphatic carbocycles. The standard InChI is InChI=1S/C12H22BrN5/c1-5-9-12(13)10(18(4)16-9)7-17(3)8(2)6-11(14)15/h8H,5-7H2,1-4H3,(H3,14,15). The predicted molar refractivity (Wildman–Crippen MR) is 77.7 cm³/mol. The summed E-state index contributed by atoms with van der Waals surface area (Å²) in [7, 11) is 4.00. The minimum Gasteiger partial charge on any atom is -0.388 e. The number of hydrogen-bond donors (Lipinski definition) is 2. The molecule has 0 radical (unpaired) electrons. The van der Waals surface area contributed by atoms with Gasteiger partial charge in [0.05, 0.1) is 21.7 Å². The smallest absolute Gasteiger partial charge is 0.0920 e. The Kier molecular flexibility index (Phi) is 5.34. The number of amidine groups is 1. The van der Waals surface area contributed by atoms with Crippen LogP contribution in [0.5, 0.6) is 0 Å². The highest BCUT2D eigenvalue weighted by Gasteiger charge is 2.17. The van der Waals surface area contributed by atoms with Crippen molar-refractivity contribution in [2.45, 2.75) is 39.3 Å². The lowest BCUT2D eigenvalue weighted by molar-refractivity contribution is 0.247. The van der Waals surface area contributed by atoms with Crippen molar-refractivity contribution in [2.24, 2.45) is 12.8 Å². The van der Waals surface area contributed by atoms with Crippen molar-refractivity contribution < 1.29 is 0 Å². The molecule has 102 valence electrons. The van der Waals surface area contributed by atoms with Crippen LogP contribution in [0.25, 0.3) is 0 Å². The van der Waals surface area contributed by atoms with E-state index >= 15 is 0 Å². The summed E-state index contributed by atoms with van der Waals surface area (Å²) in [6, 6.07) is 0.245. The van der Waals surface area contributed by atoms with Gasteiger partial charge in [-0.05, 0) is 36.3 Å². The van der Waals surface area contributed by atoms with E-state index in [0.717, 1.165) is 28.8 Å². The predicted octanol–water partition coefficient (Wildman–Crippen LogP) is 1.89. The molecule has 0 aromatic carbocycles. The van der Waals surface area contributed by atoms with Gasteiger partial charge in [0.25, 0.3) is 0 Å². The Morgan fingerprint density at radius 3 is 2.67 bits per heavy atom. The second-order valence-corrected chi connectivity index (χ2v) is 5.47. The van der Waals surface area contributed by atoms with Crippen LogP contribution in [0.15, 0.2) is 4.47 Å².